The van der Waals surface area contributed by atoms with Crippen molar-refractivity contribution in [2.45, 2.75) is 11.6 Å². The van der Waals surface area contributed by atoms with Gasteiger partial charge in [-0.1, -0.05) is 28.1 Å². The lowest BCUT2D eigenvalue weighted by Crippen LogP contribution is -2.13. The number of nitrogens with one attached hydrogen (secondary N) is 1. The summed E-state index contributed by atoms with van der Waals surface area (Å²) in [5.74, 6) is 0.455. The molecule has 0 unspecified atom stereocenters. The number of H-pyrrole nitrogens is 1. The van der Waals surface area contributed by atoms with Gasteiger partial charge in [0.25, 0.3) is 15.2 Å². The van der Waals surface area contributed by atoms with Gasteiger partial charge in [-0.15, -0.1) is 5.10 Å². The average Bonchev–Trinajstić information content (AvgIpc) is 2.69. The Labute approximate surface area is 106 Å². The number of nitrogens with two attached hydrogens (primary N) is 1. The van der Waals surface area contributed by atoms with Crippen molar-refractivity contribution in [3.05, 3.63) is 40.1 Å². The Bertz CT molecular complexity index is 621. The molecule has 2 rings (SSSR count). The molecule has 0 amide bonds. The quantitative estimate of drug-likeness (QED) is 0.874. The van der Waals surface area contributed by atoms with Gasteiger partial charge in [0.05, 0.1) is 0 Å². The summed E-state index contributed by atoms with van der Waals surface area (Å²) >= 11 is 3.33. The van der Waals surface area contributed by atoms with Gasteiger partial charge >= 0.3 is 0 Å². The Morgan fingerprint density at radius 1 is 1.29 bits per heavy atom. The summed E-state index contributed by atoms with van der Waals surface area (Å²) in [7, 11) is -3.84. The zero-order chi connectivity index (χ0) is 12.5. The van der Waals surface area contributed by atoms with Crippen molar-refractivity contribution in [3.63, 3.8) is 0 Å². The van der Waals surface area contributed by atoms with Crippen LogP contribution in [-0.4, -0.2) is 23.6 Å². The van der Waals surface area contributed by atoms with Crippen molar-refractivity contribution in [1.82, 2.24) is 15.2 Å². The standard InChI is InChI=1S/C9H9BrN4O2S/c10-7-3-1-6(2-4-7)5-8-12-9(14-13-8)17(11,15)16/h1-4H,5H2,(H2,11,15,16)(H,12,13,14). The van der Waals surface area contributed by atoms with Crippen LogP contribution in [-0.2, 0) is 16.4 Å². The van der Waals surface area contributed by atoms with E-state index in [1.165, 1.54) is 0 Å². The average molecular weight is 317 g/mol. The van der Waals surface area contributed by atoms with E-state index in [4.69, 9.17) is 5.14 Å². The minimum absolute atomic E-state index is 0.385. The van der Waals surface area contributed by atoms with E-state index in [2.05, 4.69) is 31.1 Å². The highest BCUT2D eigenvalue weighted by molar-refractivity contribution is 9.10. The van der Waals surface area contributed by atoms with Gasteiger partial charge in [0.15, 0.2) is 0 Å². The van der Waals surface area contributed by atoms with Crippen molar-refractivity contribution >= 4 is 26.0 Å². The van der Waals surface area contributed by atoms with Crippen LogP contribution in [0.3, 0.4) is 0 Å². The molecule has 90 valence electrons. The first-order valence-electron chi connectivity index (χ1n) is 4.64. The van der Waals surface area contributed by atoms with Crippen LogP contribution in [0.2, 0.25) is 0 Å². The number of benzene rings is 1. The van der Waals surface area contributed by atoms with Gasteiger partial charge in [-0.2, -0.15) is 0 Å². The van der Waals surface area contributed by atoms with Crippen LogP contribution in [0, 0.1) is 0 Å². The maximum Gasteiger partial charge on any atom is 0.282 e. The Hall–Kier alpha value is -1.25. The van der Waals surface area contributed by atoms with Crippen molar-refractivity contribution in [1.29, 1.82) is 0 Å². The van der Waals surface area contributed by atoms with Crippen LogP contribution in [0.25, 0.3) is 0 Å². The minimum Gasteiger partial charge on any atom is -0.262 e. The van der Waals surface area contributed by atoms with Crippen molar-refractivity contribution in [2.24, 2.45) is 5.14 Å². The van der Waals surface area contributed by atoms with Gasteiger partial charge in [0, 0.05) is 10.9 Å². The van der Waals surface area contributed by atoms with Crippen molar-refractivity contribution < 1.29 is 8.42 Å². The van der Waals surface area contributed by atoms with E-state index < -0.39 is 10.0 Å². The minimum atomic E-state index is -3.84. The van der Waals surface area contributed by atoms with E-state index in [1.54, 1.807) is 0 Å². The fraction of sp³-hybridized carbons (Fsp3) is 0.111. The maximum absolute atomic E-state index is 11.0. The molecule has 1 heterocycles. The summed E-state index contributed by atoms with van der Waals surface area (Å²) in [5.41, 5.74) is 0.991. The van der Waals surface area contributed by atoms with Crippen LogP contribution in [0.5, 0.6) is 0 Å². The first kappa shape index (κ1) is 12.2. The highest BCUT2D eigenvalue weighted by Gasteiger charge is 2.14. The largest absolute Gasteiger partial charge is 0.282 e. The number of aromatic nitrogens is 3. The fourth-order valence-corrected chi connectivity index (χ4v) is 1.95. The number of primary sulfonamides is 1. The summed E-state index contributed by atoms with van der Waals surface area (Å²) in [6, 6.07) is 7.60. The summed E-state index contributed by atoms with van der Waals surface area (Å²) in [4.78, 5) is 3.81. The molecule has 0 aliphatic carbocycles. The molecule has 0 saturated heterocycles. The van der Waals surface area contributed by atoms with E-state index >= 15 is 0 Å². The van der Waals surface area contributed by atoms with Crippen LogP contribution in [0.4, 0.5) is 0 Å². The fourth-order valence-electron chi connectivity index (χ4n) is 1.28. The van der Waals surface area contributed by atoms with Gasteiger partial charge in [0.2, 0.25) is 0 Å². The molecule has 0 bridgehead atoms. The zero-order valence-corrected chi connectivity index (χ0v) is 11.0. The predicted octanol–water partition coefficient (Wildman–Crippen LogP) is 0.805. The van der Waals surface area contributed by atoms with Crippen molar-refractivity contribution in [3.8, 4) is 0 Å². The molecule has 0 radical (unpaired) electrons. The SMILES string of the molecule is NS(=O)(=O)c1n[nH]c(Cc2ccc(Br)cc2)n1. The van der Waals surface area contributed by atoms with Crippen LogP contribution >= 0.6 is 15.9 Å². The van der Waals surface area contributed by atoms with E-state index in [0.717, 1.165) is 10.0 Å². The Kier molecular flexibility index (Phi) is 3.27. The summed E-state index contributed by atoms with van der Waals surface area (Å²) in [5, 5.41) is 10.6. The van der Waals surface area contributed by atoms with E-state index in [0.29, 0.717) is 12.2 Å². The molecule has 17 heavy (non-hydrogen) atoms. The van der Waals surface area contributed by atoms with Crippen LogP contribution in [0.15, 0.2) is 33.9 Å². The number of hydrogen-bond donors (Lipinski definition) is 2. The van der Waals surface area contributed by atoms with Gasteiger partial charge in [0.1, 0.15) is 5.82 Å². The number of aromatic amines is 1. The predicted molar refractivity (Wildman–Crippen MR) is 64.7 cm³/mol. The second-order valence-corrected chi connectivity index (χ2v) is 5.78. The number of sulfonamides is 1. The molecule has 8 heteroatoms. The summed E-state index contributed by atoms with van der Waals surface area (Å²) in [6.45, 7) is 0. The van der Waals surface area contributed by atoms with E-state index in [1.807, 2.05) is 24.3 Å². The smallest absolute Gasteiger partial charge is 0.262 e. The lowest BCUT2D eigenvalue weighted by molar-refractivity contribution is 0.589. The maximum atomic E-state index is 11.0. The topological polar surface area (TPSA) is 102 Å². The number of nitrogens with zero attached hydrogens (tertiary/aromatic N) is 2. The molecule has 0 aliphatic heterocycles. The second-order valence-electron chi connectivity index (χ2n) is 3.41. The van der Waals surface area contributed by atoms with Gasteiger partial charge < -0.3 is 0 Å². The van der Waals surface area contributed by atoms with Gasteiger partial charge in [-0.25, -0.2) is 18.5 Å². The van der Waals surface area contributed by atoms with Crippen LogP contribution in [0.1, 0.15) is 11.4 Å². The van der Waals surface area contributed by atoms with Crippen molar-refractivity contribution in [2.75, 3.05) is 0 Å². The molecular weight excluding hydrogens is 308 g/mol. The van der Waals surface area contributed by atoms with E-state index in [9.17, 15) is 8.42 Å². The number of hydrogen-bond acceptors (Lipinski definition) is 4. The molecule has 3 N–H and O–H groups in total. The second kappa shape index (κ2) is 4.55. The third-order valence-corrected chi connectivity index (χ3v) is 3.27. The molecule has 0 atom stereocenters. The normalized spacial score (nSPS) is 11.6. The Morgan fingerprint density at radius 3 is 2.47 bits per heavy atom. The molecule has 1 aromatic carbocycles. The Balaban J connectivity index is 2.20. The molecular formula is C9H9BrN4O2S. The van der Waals surface area contributed by atoms with E-state index in [-0.39, 0.29) is 5.16 Å². The van der Waals surface area contributed by atoms with Crippen LogP contribution < -0.4 is 5.14 Å². The molecule has 0 fully saturated rings. The molecule has 6 nitrogen and oxygen atoms in total. The van der Waals surface area contributed by atoms with Gasteiger partial charge in [-0.05, 0) is 17.7 Å². The lowest BCUT2D eigenvalue weighted by atomic mass is 10.1. The Morgan fingerprint density at radius 2 is 1.94 bits per heavy atom. The molecule has 1 aromatic heterocycles. The zero-order valence-electron chi connectivity index (χ0n) is 8.59. The molecule has 2 aromatic rings. The first-order valence-corrected chi connectivity index (χ1v) is 6.97. The molecule has 0 aliphatic rings. The van der Waals surface area contributed by atoms with Gasteiger partial charge in [-0.3, -0.25) is 5.10 Å². The summed E-state index contributed by atoms with van der Waals surface area (Å²) in [6.07, 6.45) is 0.468. The third-order valence-electron chi connectivity index (χ3n) is 2.05. The number of halogens is 1. The highest BCUT2D eigenvalue weighted by atomic mass is 79.9. The third kappa shape index (κ3) is 3.11. The first-order chi connectivity index (χ1) is 7.95. The molecule has 0 spiro atoms. The highest BCUT2D eigenvalue weighted by Crippen LogP contribution is 2.12. The summed E-state index contributed by atoms with van der Waals surface area (Å²) < 4.78 is 22.9. The number of rotatable bonds is 3. The monoisotopic (exact) mass is 316 g/mol. The molecule has 0 saturated carbocycles. The lowest BCUT2D eigenvalue weighted by Gasteiger charge is -1.97.